The van der Waals surface area contributed by atoms with Gasteiger partial charge in [0.15, 0.2) is 0 Å². The largest absolute Gasteiger partial charge is 0.497 e. The summed E-state index contributed by atoms with van der Waals surface area (Å²) in [5.74, 6) is -0.203. The summed E-state index contributed by atoms with van der Waals surface area (Å²) in [7, 11) is 3.06. The Morgan fingerprint density at radius 3 is 2.35 bits per heavy atom. The Bertz CT molecular complexity index is 1480. The van der Waals surface area contributed by atoms with Crippen LogP contribution in [-0.4, -0.2) is 74.6 Å². The molecule has 4 rings (SSSR count). The van der Waals surface area contributed by atoms with Gasteiger partial charge in [0.2, 0.25) is 0 Å². The van der Waals surface area contributed by atoms with E-state index in [1.54, 1.807) is 23.1 Å². The molecule has 2 heterocycles. The first-order valence-corrected chi connectivity index (χ1v) is 13.7. The van der Waals surface area contributed by atoms with Crippen LogP contribution < -0.4 is 19.7 Å². The van der Waals surface area contributed by atoms with E-state index >= 15 is 0 Å². The fourth-order valence-corrected chi connectivity index (χ4v) is 5.13. The standard InChI is InChI=1S/C30H32F3N5O5/c1-19-23(28(40)38(27(19)39)21-8-7-20(18-34)24(16-21)30(31,32)33)6-4-5-11-36-12-14-37(15-13-36)29(41)35-25-17-22(42-2)9-10-26(25)43-3/h7-10,16-17H,4-6,11-15H2,1-3H3,(H,35,41). The number of rotatable bonds is 9. The van der Waals surface area contributed by atoms with Crippen molar-refractivity contribution in [2.45, 2.75) is 32.4 Å². The Morgan fingerprint density at radius 1 is 1.00 bits per heavy atom. The number of hydrogen-bond acceptors (Lipinski definition) is 7. The number of hydrogen-bond donors (Lipinski definition) is 1. The summed E-state index contributed by atoms with van der Waals surface area (Å²) < 4.78 is 50.8. The summed E-state index contributed by atoms with van der Waals surface area (Å²) in [6.07, 6.45) is -3.19. The van der Waals surface area contributed by atoms with E-state index < -0.39 is 29.1 Å². The first-order valence-electron chi connectivity index (χ1n) is 13.7. The molecule has 0 unspecified atom stereocenters. The Morgan fingerprint density at radius 2 is 1.72 bits per heavy atom. The van der Waals surface area contributed by atoms with Gasteiger partial charge in [0, 0.05) is 43.4 Å². The Labute approximate surface area is 247 Å². The van der Waals surface area contributed by atoms with Gasteiger partial charge in [-0.05, 0) is 63.1 Å². The van der Waals surface area contributed by atoms with Crippen LogP contribution in [0.3, 0.4) is 0 Å². The van der Waals surface area contributed by atoms with E-state index in [2.05, 4.69) is 10.2 Å². The van der Waals surface area contributed by atoms with E-state index in [4.69, 9.17) is 14.7 Å². The molecule has 13 heteroatoms. The van der Waals surface area contributed by atoms with Crippen molar-refractivity contribution in [1.82, 2.24) is 9.80 Å². The lowest BCUT2D eigenvalue weighted by Gasteiger charge is -2.34. The molecule has 2 aliphatic rings. The van der Waals surface area contributed by atoms with Crippen molar-refractivity contribution in [3.8, 4) is 17.6 Å². The molecule has 2 aromatic rings. The zero-order valence-corrected chi connectivity index (χ0v) is 24.1. The van der Waals surface area contributed by atoms with Crippen molar-refractivity contribution in [1.29, 1.82) is 5.26 Å². The van der Waals surface area contributed by atoms with Crippen LogP contribution in [0.4, 0.5) is 29.3 Å². The Hall–Kier alpha value is -4.57. The summed E-state index contributed by atoms with van der Waals surface area (Å²) in [5.41, 5.74) is -1.01. The summed E-state index contributed by atoms with van der Waals surface area (Å²) in [6.45, 7) is 4.59. The molecule has 10 nitrogen and oxygen atoms in total. The highest BCUT2D eigenvalue weighted by molar-refractivity contribution is 6.32. The molecule has 228 valence electrons. The summed E-state index contributed by atoms with van der Waals surface area (Å²) >= 11 is 0. The molecule has 4 amide bonds. The number of imide groups is 1. The number of carbonyl (C=O) groups is 3. The van der Waals surface area contributed by atoms with E-state index in [-0.39, 0.29) is 22.9 Å². The number of carbonyl (C=O) groups excluding carboxylic acids is 3. The molecule has 0 bridgehead atoms. The maximum atomic E-state index is 13.4. The second-order valence-corrected chi connectivity index (χ2v) is 10.2. The monoisotopic (exact) mass is 599 g/mol. The number of urea groups is 1. The zero-order chi connectivity index (χ0) is 31.3. The van der Waals surface area contributed by atoms with E-state index in [9.17, 15) is 27.6 Å². The van der Waals surface area contributed by atoms with E-state index in [0.717, 1.165) is 23.9 Å². The third-order valence-electron chi connectivity index (χ3n) is 7.58. The average Bonchev–Trinajstić information content (AvgIpc) is 3.21. The molecule has 2 aliphatic heterocycles. The topological polar surface area (TPSA) is 115 Å². The predicted octanol–water partition coefficient (Wildman–Crippen LogP) is 4.80. The third kappa shape index (κ3) is 6.91. The highest BCUT2D eigenvalue weighted by atomic mass is 19.4. The second-order valence-electron chi connectivity index (χ2n) is 10.2. The molecule has 0 radical (unpaired) electrons. The molecule has 1 saturated heterocycles. The van der Waals surface area contributed by atoms with E-state index in [1.165, 1.54) is 33.3 Å². The highest BCUT2D eigenvalue weighted by Gasteiger charge is 2.39. The molecule has 43 heavy (non-hydrogen) atoms. The van der Waals surface area contributed by atoms with E-state index in [0.29, 0.717) is 62.3 Å². The maximum Gasteiger partial charge on any atom is 0.417 e. The number of benzene rings is 2. The van der Waals surface area contributed by atoms with Gasteiger partial charge in [0.1, 0.15) is 11.5 Å². The quantitative estimate of drug-likeness (QED) is 0.325. The van der Waals surface area contributed by atoms with Crippen molar-refractivity contribution in [2.24, 2.45) is 0 Å². The van der Waals surface area contributed by atoms with Crippen molar-refractivity contribution in [3.05, 3.63) is 58.7 Å². The van der Waals surface area contributed by atoms with Crippen LogP contribution in [0.15, 0.2) is 47.5 Å². The van der Waals surface area contributed by atoms with E-state index in [1.807, 2.05) is 0 Å². The Kier molecular flexibility index (Phi) is 9.60. The second kappa shape index (κ2) is 13.2. The number of anilines is 2. The summed E-state index contributed by atoms with van der Waals surface area (Å²) in [6, 6.07) is 9.20. The normalized spacial score (nSPS) is 16.0. The fourth-order valence-electron chi connectivity index (χ4n) is 5.13. The predicted molar refractivity (Wildman–Crippen MR) is 152 cm³/mol. The van der Waals surface area contributed by atoms with Crippen LogP contribution in [0.5, 0.6) is 11.5 Å². The van der Waals surface area contributed by atoms with Gasteiger partial charge < -0.3 is 19.7 Å². The van der Waals surface area contributed by atoms with Gasteiger partial charge in [-0.15, -0.1) is 0 Å². The zero-order valence-electron chi connectivity index (χ0n) is 24.1. The molecule has 0 saturated carbocycles. The number of nitrogens with one attached hydrogen (secondary N) is 1. The molecule has 0 aromatic heterocycles. The van der Waals surface area contributed by atoms with Gasteiger partial charge in [0.05, 0.1) is 42.8 Å². The molecule has 0 aliphatic carbocycles. The van der Waals surface area contributed by atoms with Crippen LogP contribution in [0.25, 0.3) is 0 Å². The van der Waals surface area contributed by atoms with Gasteiger partial charge in [-0.2, -0.15) is 18.4 Å². The van der Waals surface area contributed by atoms with Crippen LogP contribution in [0.2, 0.25) is 0 Å². The summed E-state index contributed by atoms with van der Waals surface area (Å²) in [5, 5.41) is 11.9. The third-order valence-corrected chi connectivity index (χ3v) is 7.58. The smallest absolute Gasteiger partial charge is 0.417 e. The minimum atomic E-state index is -4.81. The Balaban J connectivity index is 1.26. The number of methoxy groups -OCH3 is 2. The van der Waals surface area contributed by atoms with Crippen molar-refractivity contribution in [2.75, 3.05) is 57.2 Å². The molecule has 1 N–H and O–H groups in total. The van der Waals surface area contributed by atoms with Gasteiger partial charge in [-0.25, -0.2) is 9.69 Å². The number of halogens is 3. The highest BCUT2D eigenvalue weighted by Crippen LogP contribution is 2.37. The molecule has 1 fully saturated rings. The lowest BCUT2D eigenvalue weighted by Crippen LogP contribution is -2.50. The summed E-state index contributed by atoms with van der Waals surface area (Å²) in [4.78, 5) is 43.4. The van der Waals surface area contributed by atoms with Crippen molar-refractivity contribution >= 4 is 29.2 Å². The van der Waals surface area contributed by atoms with Crippen LogP contribution >= 0.6 is 0 Å². The lowest BCUT2D eigenvalue weighted by atomic mass is 10.0. The maximum absolute atomic E-state index is 13.4. The molecular formula is C30H32F3N5O5. The van der Waals surface area contributed by atoms with Crippen molar-refractivity contribution in [3.63, 3.8) is 0 Å². The van der Waals surface area contributed by atoms with Crippen molar-refractivity contribution < 1.29 is 37.0 Å². The van der Waals surface area contributed by atoms with Gasteiger partial charge in [-0.1, -0.05) is 0 Å². The van der Waals surface area contributed by atoms with Gasteiger partial charge in [-0.3, -0.25) is 14.5 Å². The number of piperazine rings is 1. The fraction of sp³-hybridized carbons (Fsp3) is 0.400. The minimum Gasteiger partial charge on any atom is -0.497 e. The number of nitriles is 1. The van der Waals surface area contributed by atoms with Crippen LogP contribution in [-0.2, 0) is 15.8 Å². The van der Waals surface area contributed by atoms with Gasteiger partial charge in [0.25, 0.3) is 11.8 Å². The molecule has 2 aromatic carbocycles. The SMILES string of the molecule is COc1ccc(OC)c(NC(=O)N2CCN(CCCCC3=C(C)C(=O)N(c4ccc(C#N)c(C(F)(F)F)c4)C3=O)CC2)c1. The number of unbranched alkanes of at least 4 members (excludes halogenated alkanes) is 1. The average molecular weight is 600 g/mol. The first kappa shape index (κ1) is 31.4. The number of alkyl halides is 3. The lowest BCUT2D eigenvalue weighted by molar-refractivity contribution is -0.138. The van der Waals surface area contributed by atoms with Crippen LogP contribution in [0.1, 0.15) is 37.3 Å². The van der Waals surface area contributed by atoms with Gasteiger partial charge >= 0.3 is 12.2 Å². The number of ether oxygens (including phenoxy) is 2. The molecule has 0 atom stereocenters. The molecule has 0 spiro atoms. The number of amides is 4. The minimum absolute atomic E-state index is 0.204. The first-order chi connectivity index (χ1) is 20.5. The number of nitrogens with zero attached hydrogens (tertiary/aromatic N) is 4. The van der Waals surface area contributed by atoms with Crippen LogP contribution in [0, 0.1) is 11.3 Å². The molecular weight excluding hydrogens is 567 g/mol.